The van der Waals surface area contributed by atoms with E-state index in [1.807, 2.05) is 0 Å². The van der Waals surface area contributed by atoms with E-state index in [9.17, 15) is 0 Å². The number of hydrogen-bond acceptors (Lipinski definition) is 2. The van der Waals surface area contributed by atoms with E-state index in [1.54, 1.807) is 0 Å². The maximum atomic E-state index is 8.56. The van der Waals surface area contributed by atoms with Crippen molar-refractivity contribution in [2.24, 2.45) is 0 Å². The molecule has 0 radical (unpaired) electrons. The SMILES string of the molecule is Cl.I.O=S([O-])O.[H-].[K+]. The molecule has 0 amide bonds. The van der Waals surface area contributed by atoms with Gasteiger partial charge in [-0.25, -0.2) is 4.21 Å². The van der Waals surface area contributed by atoms with E-state index in [1.165, 1.54) is 0 Å². The Labute approximate surface area is 111 Å². The predicted octanol–water partition coefficient (Wildman–Crippen LogP) is -2.51. The van der Waals surface area contributed by atoms with E-state index < -0.39 is 11.4 Å². The molecule has 0 spiro atoms. The first kappa shape index (κ1) is 22.6. The third-order valence-electron chi connectivity index (χ3n) is 0. The molecule has 1 unspecified atom stereocenters. The van der Waals surface area contributed by atoms with Crippen LogP contribution in [0.1, 0.15) is 1.43 Å². The van der Waals surface area contributed by atoms with Gasteiger partial charge in [-0.05, 0) is 0 Å². The second-order valence-corrected chi connectivity index (χ2v) is 0.651. The maximum absolute atomic E-state index is 8.56. The van der Waals surface area contributed by atoms with Crippen molar-refractivity contribution in [3.05, 3.63) is 0 Å². The van der Waals surface area contributed by atoms with Gasteiger partial charge in [0, 0.05) is 0 Å². The van der Waals surface area contributed by atoms with Crippen LogP contribution >= 0.6 is 36.4 Å². The molecule has 0 aliphatic rings. The average Bonchev–Trinajstić information content (AvgIpc) is 0.811. The third-order valence-corrected chi connectivity index (χ3v) is 0. The summed E-state index contributed by atoms with van der Waals surface area (Å²) in [5.41, 5.74) is 0. The quantitative estimate of drug-likeness (QED) is 0.304. The molecule has 0 aromatic heterocycles. The monoisotopic (exact) mass is 285 g/mol. The molecule has 0 aromatic carbocycles. The standard InChI is InChI=1S/ClH.HI.K.H2O3S.H/c;;;1-4(2)3;/h2*1H;;(H2,1,2,3);/q;;+1;;-1/p-1. The van der Waals surface area contributed by atoms with E-state index >= 15 is 0 Å². The topological polar surface area (TPSA) is 60.4 Å². The molecule has 0 heterocycles. The summed E-state index contributed by atoms with van der Waals surface area (Å²) in [7, 11) is 0. The van der Waals surface area contributed by atoms with Crippen molar-refractivity contribution in [3.8, 4) is 0 Å². The Bertz CT molecular complexity index is 42.3. The fourth-order valence-corrected chi connectivity index (χ4v) is 0. The van der Waals surface area contributed by atoms with Crippen LogP contribution in [0.3, 0.4) is 0 Å². The van der Waals surface area contributed by atoms with Gasteiger partial charge in [0.2, 0.25) is 0 Å². The Morgan fingerprint density at radius 2 is 1.71 bits per heavy atom. The second kappa shape index (κ2) is 15.9. The van der Waals surface area contributed by atoms with Crippen LogP contribution in [0.15, 0.2) is 0 Å². The zero-order valence-electron chi connectivity index (χ0n) is 4.49. The fraction of sp³-hybridized carbons (Fsp3) is 0. The first-order valence-corrected chi connectivity index (χ1v) is 1.55. The van der Waals surface area contributed by atoms with Crippen molar-refractivity contribution in [2.45, 2.75) is 0 Å². The van der Waals surface area contributed by atoms with Crippen molar-refractivity contribution >= 4 is 47.7 Å². The van der Waals surface area contributed by atoms with Gasteiger partial charge in [0.1, 0.15) is 0 Å². The Morgan fingerprint density at radius 1 is 1.71 bits per heavy atom. The van der Waals surface area contributed by atoms with Gasteiger partial charge in [-0.3, -0.25) is 0 Å². The van der Waals surface area contributed by atoms with E-state index in [0.29, 0.717) is 0 Å². The smallest absolute Gasteiger partial charge is 1.00 e. The molecular weight excluding hydrogens is 282 g/mol. The van der Waals surface area contributed by atoms with Crippen molar-refractivity contribution < 1.29 is 66.1 Å². The summed E-state index contributed by atoms with van der Waals surface area (Å²) in [6.07, 6.45) is 0. The molecule has 1 atom stereocenters. The third kappa shape index (κ3) is 53.1. The molecule has 0 aliphatic heterocycles. The average molecular weight is 286 g/mol. The van der Waals surface area contributed by atoms with Gasteiger partial charge >= 0.3 is 51.4 Å². The van der Waals surface area contributed by atoms with Gasteiger partial charge in [0.05, 0.1) is 11.4 Å². The zero-order chi connectivity index (χ0) is 3.58. The summed E-state index contributed by atoms with van der Waals surface area (Å²) in [5, 5.41) is 0. The molecule has 0 fully saturated rings. The molecule has 7 heteroatoms. The van der Waals surface area contributed by atoms with Crippen molar-refractivity contribution in [1.29, 1.82) is 0 Å². The summed E-state index contributed by atoms with van der Waals surface area (Å²) in [6, 6.07) is 0. The number of hydrogen-bond donors (Lipinski definition) is 1. The Kier molecular flexibility index (Phi) is 51.3. The normalized spacial score (nSPS) is 8.86. The largest absolute Gasteiger partial charge is 1.00 e. The van der Waals surface area contributed by atoms with E-state index in [0.717, 1.165) is 0 Å². The molecule has 1 N–H and O–H groups in total. The first-order valence-electron chi connectivity index (χ1n) is 0.516. The van der Waals surface area contributed by atoms with Crippen LogP contribution in [0.2, 0.25) is 0 Å². The Morgan fingerprint density at radius 3 is 1.71 bits per heavy atom. The Balaban J connectivity index is -0.00000000750. The van der Waals surface area contributed by atoms with Crippen LogP contribution in [-0.2, 0) is 11.4 Å². The first-order chi connectivity index (χ1) is 1.73. The Hall–Kier alpha value is 2.73. The summed E-state index contributed by atoms with van der Waals surface area (Å²) >= 11 is -2.86. The molecule has 7 heavy (non-hydrogen) atoms. The maximum Gasteiger partial charge on any atom is 1.00 e. The minimum atomic E-state index is -2.86. The van der Waals surface area contributed by atoms with Crippen LogP contribution in [0.4, 0.5) is 0 Å². The van der Waals surface area contributed by atoms with Crippen LogP contribution in [0.5, 0.6) is 0 Å². The van der Waals surface area contributed by atoms with Gasteiger partial charge in [-0.2, -0.15) is 0 Å². The van der Waals surface area contributed by atoms with Crippen molar-refractivity contribution in [2.75, 3.05) is 0 Å². The minimum Gasteiger partial charge on any atom is -1.00 e. The number of halogens is 2. The van der Waals surface area contributed by atoms with Crippen LogP contribution in [0.25, 0.3) is 0 Å². The molecule has 44 valence electrons. The molecule has 0 rings (SSSR count). The summed E-state index contributed by atoms with van der Waals surface area (Å²) in [4.78, 5) is 0. The van der Waals surface area contributed by atoms with Crippen LogP contribution < -0.4 is 51.4 Å². The zero-order valence-corrected chi connectivity index (χ0v) is 10.6. The molecule has 0 saturated carbocycles. The van der Waals surface area contributed by atoms with E-state index in [2.05, 4.69) is 0 Å². The second-order valence-electron chi connectivity index (χ2n) is 0.217. The molecule has 0 saturated heterocycles. The summed E-state index contributed by atoms with van der Waals surface area (Å²) in [5.74, 6) is 0. The van der Waals surface area contributed by atoms with Crippen LogP contribution in [0, 0.1) is 0 Å². The molecular formula is H4ClIKO3S-. The summed E-state index contributed by atoms with van der Waals surface area (Å²) < 4.78 is 24.1. The van der Waals surface area contributed by atoms with E-state index in [-0.39, 0.29) is 89.2 Å². The van der Waals surface area contributed by atoms with Gasteiger partial charge < -0.3 is 10.5 Å². The van der Waals surface area contributed by atoms with Gasteiger partial charge in [0.25, 0.3) is 0 Å². The molecule has 0 bridgehead atoms. The molecule has 0 aromatic rings. The summed E-state index contributed by atoms with van der Waals surface area (Å²) in [6.45, 7) is 0. The van der Waals surface area contributed by atoms with Crippen LogP contribution in [-0.4, -0.2) is 13.3 Å². The van der Waals surface area contributed by atoms with Crippen molar-refractivity contribution in [3.63, 3.8) is 0 Å². The van der Waals surface area contributed by atoms with Crippen molar-refractivity contribution in [1.82, 2.24) is 0 Å². The predicted molar refractivity (Wildman–Crippen MR) is 35.3 cm³/mol. The fourth-order valence-electron chi connectivity index (χ4n) is 0. The van der Waals surface area contributed by atoms with E-state index in [4.69, 9.17) is 13.3 Å². The van der Waals surface area contributed by atoms with Gasteiger partial charge in [-0.1, -0.05) is 0 Å². The number of rotatable bonds is 0. The van der Waals surface area contributed by atoms with Gasteiger partial charge in [0.15, 0.2) is 0 Å². The van der Waals surface area contributed by atoms with Gasteiger partial charge in [-0.15, -0.1) is 36.4 Å². The molecule has 0 aliphatic carbocycles. The minimum absolute atomic E-state index is 0. The molecule has 3 nitrogen and oxygen atoms in total.